The molecule has 2 aromatic rings. The molecule has 2 rings (SSSR count). The highest BCUT2D eigenvalue weighted by Gasteiger charge is 2.35. The minimum atomic E-state index is -5.00. The summed E-state index contributed by atoms with van der Waals surface area (Å²) in [6.07, 6.45) is -5.00. The number of nitrogens with zero attached hydrogens (tertiary/aromatic N) is 3. The largest absolute Gasteiger partial charge is 0.478 e. The highest BCUT2D eigenvalue weighted by Crippen LogP contribution is 2.27. The summed E-state index contributed by atoms with van der Waals surface area (Å²) in [6.45, 7) is 0. The lowest BCUT2D eigenvalue weighted by Crippen LogP contribution is -2.41. The molecule has 0 spiro atoms. The van der Waals surface area contributed by atoms with Gasteiger partial charge in [-0.1, -0.05) is 0 Å². The molecular weight excluding hydrogens is 350 g/mol. The Balaban J connectivity index is 2.90. The Labute approximate surface area is 135 Å². The molecule has 7 nitrogen and oxygen atoms in total. The third kappa shape index (κ3) is 3.01. The SMILES string of the molecule is Cn1c(C(F)(F)F)cc(=O)n(-c2cc(C(=O)O)c(C#N)cc2F)c1=O. The van der Waals surface area contributed by atoms with Crippen molar-refractivity contribution in [1.29, 1.82) is 5.26 Å². The molecule has 1 heterocycles. The number of carboxylic acid groups (broad SMARTS) is 1. The van der Waals surface area contributed by atoms with Crippen molar-refractivity contribution in [2.45, 2.75) is 6.18 Å². The molecule has 0 fully saturated rings. The zero-order valence-electron chi connectivity index (χ0n) is 12.3. The van der Waals surface area contributed by atoms with E-state index in [0.29, 0.717) is 12.1 Å². The minimum absolute atomic E-state index is 0.0537. The molecular formula is C14H7F4N3O4. The molecule has 11 heteroatoms. The van der Waals surface area contributed by atoms with Crippen LogP contribution < -0.4 is 11.2 Å². The van der Waals surface area contributed by atoms with Crippen LogP contribution in [0.2, 0.25) is 0 Å². The highest BCUT2D eigenvalue weighted by molar-refractivity contribution is 5.91. The van der Waals surface area contributed by atoms with Gasteiger partial charge in [0.1, 0.15) is 17.6 Å². The van der Waals surface area contributed by atoms with E-state index in [1.54, 1.807) is 0 Å². The number of carboxylic acids is 1. The number of carbonyl (C=O) groups is 1. The second-order valence-electron chi connectivity index (χ2n) is 4.81. The summed E-state index contributed by atoms with van der Waals surface area (Å²) in [4.78, 5) is 35.1. The maximum Gasteiger partial charge on any atom is 0.431 e. The van der Waals surface area contributed by atoms with E-state index in [4.69, 9.17) is 10.4 Å². The van der Waals surface area contributed by atoms with Crippen LogP contribution in [-0.2, 0) is 13.2 Å². The zero-order valence-corrected chi connectivity index (χ0v) is 12.3. The Morgan fingerprint density at radius 2 is 1.84 bits per heavy atom. The van der Waals surface area contributed by atoms with Gasteiger partial charge >= 0.3 is 17.8 Å². The van der Waals surface area contributed by atoms with Gasteiger partial charge in [-0.05, 0) is 12.1 Å². The summed E-state index contributed by atoms with van der Waals surface area (Å²) in [5.74, 6) is -2.96. The molecule has 0 radical (unpaired) electrons. The average molecular weight is 357 g/mol. The summed E-state index contributed by atoms with van der Waals surface area (Å²) in [6, 6.07) is 2.52. The first-order valence-electron chi connectivity index (χ1n) is 6.36. The van der Waals surface area contributed by atoms with E-state index >= 15 is 0 Å². The maximum atomic E-state index is 14.1. The standard InChI is InChI=1S/C14H7F4N3O4/c1-20-10(14(16,17)18)4-11(22)21(13(20)25)9-3-7(12(23)24)6(5-19)2-8(9)15/h2-4H,1H3,(H,23,24). The highest BCUT2D eigenvalue weighted by atomic mass is 19.4. The van der Waals surface area contributed by atoms with Crippen molar-refractivity contribution in [1.82, 2.24) is 9.13 Å². The summed E-state index contributed by atoms with van der Waals surface area (Å²) in [5, 5.41) is 17.8. The van der Waals surface area contributed by atoms with Crippen LogP contribution in [0, 0.1) is 17.1 Å². The van der Waals surface area contributed by atoms with E-state index in [9.17, 15) is 31.9 Å². The number of alkyl halides is 3. The lowest BCUT2D eigenvalue weighted by atomic mass is 10.1. The molecule has 130 valence electrons. The molecule has 0 saturated carbocycles. The topological polar surface area (TPSA) is 105 Å². The summed E-state index contributed by atoms with van der Waals surface area (Å²) < 4.78 is 52.6. The van der Waals surface area contributed by atoms with Gasteiger partial charge in [-0.25, -0.2) is 18.5 Å². The van der Waals surface area contributed by atoms with Gasteiger partial charge in [0, 0.05) is 13.1 Å². The molecule has 0 bridgehead atoms. The number of aromatic carboxylic acids is 1. The fourth-order valence-electron chi connectivity index (χ4n) is 2.12. The van der Waals surface area contributed by atoms with Gasteiger partial charge in [0.05, 0.1) is 16.8 Å². The van der Waals surface area contributed by atoms with E-state index in [1.165, 1.54) is 6.07 Å². The Bertz CT molecular complexity index is 1040. The van der Waals surface area contributed by atoms with Gasteiger partial charge in [-0.2, -0.15) is 18.4 Å². The van der Waals surface area contributed by atoms with Gasteiger partial charge in [-0.15, -0.1) is 0 Å². The predicted molar refractivity (Wildman–Crippen MR) is 73.9 cm³/mol. The fraction of sp³-hybridized carbons (Fsp3) is 0.143. The lowest BCUT2D eigenvalue weighted by Gasteiger charge is -2.14. The van der Waals surface area contributed by atoms with Crippen molar-refractivity contribution >= 4 is 5.97 Å². The van der Waals surface area contributed by atoms with Crippen LogP contribution in [0.3, 0.4) is 0 Å². The predicted octanol–water partition coefficient (Wildman–Crippen LogP) is 1.26. The molecule has 0 atom stereocenters. The van der Waals surface area contributed by atoms with E-state index in [-0.39, 0.29) is 15.2 Å². The van der Waals surface area contributed by atoms with Crippen molar-refractivity contribution in [3.63, 3.8) is 0 Å². The molecule has 0 aliphatic heterocycles. The number of rotatable bonds is 2. The lowest BCUT2D eigenvalue weighted by molar-refractivity contribution is -0.144. The summed E-state index contributed by atoms with van der Waals surface area (Å²) >= 11 is 0. The first-order chi connectivity index (χ1) is 11.5. The minimum Gasteiger partial charge on any atom is -0.478 e. The first kappa shape index (κ1) is 17.9. The number of benzene rings is 1. The van der Waals surface area contributed by atoms with Gasteiger partial charge in [0.15, 0.2) is 0 Å². The van der Waals surface area contributed by atoms with E-state index in [1.807, 2.05) is 0 Å². The fourth-order valence-corrected chi connectivity index (χ4v) is 2.12. The molecule has 1 aromatic heterocycles. The van der Waals surface area contributed by atoms with Crippen molar-refractivity contribution in [2.24, 2.45) is 7.05 Å². The Morgan fingerprint density at radius 3 is 2.32 bits per heavy atom. The molecule has 0 aliphatic carbocycles. The third-order valence-corrected chi connectivity index (χ3v) is 3.29. The maximum absolute atomic E-state index is 14.1. The zero-order chi connectivity index (χ0) is 19.1. The molecule has 0 saturated heterocycles. The van der Waals surface area contributed by atoms with Gasteiger partial charge in [0.2, 0.25) is 0 Å². The Hall–Kier alpha value is -3.42. The van der Waals surface area contributed by atoms with Gasteiger partial charge < -0.3 is 5.11 Å². The van der Waals surface area contributed by atoms with Crippen molar-refractivity contribution in [3.05, 3.63) is 61.7 Å². The molecule has 0 amide bonds. The van der Waals surface area contributed by atoms with Crippen LogP contribution in [0.25, 0.3) is 5.69 Å². The summed E-state index contributed by atoms with van der Waals surface area (Å²) in [5.41, 5.74) is -6.75. The van der Waals surface area contributed by atoms with E-state index in [2.05, 4.69) is 0 Å². The van der Waals surface area contributed by atoms with E-state index < -0.39 is 51.7 Å². The number of hydrogen-bond acceptors (Lipinski definition) is 4. The molecule has 0 unspecified atom stereocenters. The molecule has 1 aromatic carbocycles. The van der Waals surface area contributed by atoms with Crippen molar-refractivity contribution < 1.29 is 27.5 Å². The number of halogens is 4. The average Bonchev–Trinajstić information content (AvgIpc) is 2.50. The van der Waals surface area contributed by atoms with Crippen molar-refractivity contribution in [3.8, 4) is 11.8 Å². The summed E-state index contributed by atoms with van der Waals surface area (Å²) in [7, 11) is 0.723. The second kappa shape index (κ2) is 5.90. The van der Waals surface area contributed by atoms with Crippen LogP contribution in [0.1, 0.15) is 21.6 Å². The number of aromatic nitrogens is 2. The van der Waals surface area contributed by atoms with Crippen LogP contribution in [0.5, 0.6) is 0 Å². The van der Waals surface area contributed by atoms with Crippen LogP contribution >= 0.6 is 0 Å². The normalized spacial score (nSPS) is 11.2. The number of nitriles is 1. The smallest absolute Gasteiger partial charge is 0.431 e. The molecule has 0 aliphatic rings. The van der Waals surface area contributed by atoms with Crippen LogP contribution in [-0.4, -0.2) is 20.2 Å². The Kier molecular flexibility index (Phi) is 4.23. The monoisotopic (exact) mass is 357 g/mol. The van der Waals surface area contributed by atoms with Gasteiger partial charge in [0.25, 0.3) is 5.56 Å². The van der Waals surface area contributed by atoms with Crippen molar-refractivity contribution in [2.75, 3.05) is 0 Å². The number of hydrogen-bond donors (Lipinski definition) is 1. The quantitative estimate of drug-likeness (QED) is 0.815. The van der Waals surface area contributed by atoms with Crippen LogP contribution in [0.4, 0.5) is 17.6 Å². The van der Waals surface area contributed by atoms with E-state index in [0.717, 1.165) is 7.05 Å². The molecule has 25 heavy (non-hydrogen) atoms. The van der Waals surface area contributed by atoms with Crippen LogP contribution in [0.15, 0.2) is 27.8 Å². The first-order valence-corrected chi connectivity index (χ1v) is 6.36. The Morgan fingerprint density at radius 1 is 1.24 bits per heavy atom. The molecule has 1 N–H and O–H groups in total. The third-order valence-electron chi connectivity index (χ3n) is 3.29. The van der Waals surface area contributed by atoms with Gasteiger partial charge in [-0.3, -0.25) is 9.36 Å². The second-order valence-corrected chi connectivity index (χ2v) is 4.81.